The lowest BCUT2D eigenvalue weighted by Gasteiger charge is -2.38. The lowest BCUT2D eigenvalue weighted by atomic mass is 10.0. The number of carbonyl (C=O) groups is 4. The number of halogens is 1. The summed E-state index contributed by atoms with van der Waals surface area (Å²) >= 11 is 0. The third kappa shape index (κ3) is 12.3. The summed E-state index contributed by atoms with van der Waals surface area (Å²) in [4.78, 5) is 77.6. The Morgan fingerprint density at radius 3 is 2.03 bits per heavy atom. The lowest BCUT2D eigenvalue weighted by Crippen LogP contribution is -2.53. The normalized spacial score (nSPS) is 16.3. The number of fused-ring (bicyclic) bond motifs is 1. The first-order valence-corrected chi connectivity index (χ1v) is 23.3. The summed E-state index contributed by atoms with van der Waals surface area (Å²) < 4.78 is 27.1. The number of pyridine rings is 1. The number of aromatic nitrogens is 3. The smallest absolute Gasteiger partial charge is 0.412 e. The Morgan fingerprint density at radius 2 is 1.36 bits per heavy atom. The molecule has 5 aromatic rings. The second-order valence-corrected chi connectivity index (χ2v) is 17.9. The zero-order valence-corrected chi connectivity index (χ0v) is 39.1. The molecule has 0 aliphatic carbocycles. The Balaban J connectivity index is 0.00000329. The average molecular weight is 917 g/mol. The van der Waals surface area contributed by atoms with Crippen molar-refractivity contribution < 1.29 is 33.0 Å². The maximum atomic E-state index is 15.1. The van der Waals surface area contributed by atoms with Gasteiger partial charge in [0.1, 0.15) is 11.4 Å². The standard InChI is InChI=1S/C49H55FN8O7.C2H6/c1-49(2,3)65-48(63)52-42-29-34(33-9-5-4-6-10-33)30-51-44(42)47(62)57-21-17-36(18-22-57)64-35-15-19-55(20-16-35)31-43(59)56-23-25-58(26-24-56)46(61)39-27-32(13-14-40(39)50)28-41-37-11-7-8-12-38(37)45(60)54-53-41;1-2/h4-14,27,29-30,35-36H,15-26,28,31H2,1-3H3,(H,52,63)(H,54,60);1-2H3. The third-order valence-corrected chi connectivity index (χ3v) is 12.2. The van der Waals surface area contributed by atoms with Gasteiger partial charge in [0.15, 0.2) is 5.69 Å². The van der Waals surface area contributed by atoms with Crippen LogP contribution in [-0.2, 0) is 20.7 Å². The number of amides is 4. The number of benzene rings is 3. The minimum Gasteiger partial charge on any atom is -0.444 e. The van der Waals surface area contributed by atoms with Crippen LogP contribution in [-0.4, -0.2) is 135 Å². The van der Waals surface area contributed by atoms with E-state index in [1.165, 1.54) is 6.07 Å². The van der Waals surface area contributed by atoms with E-state index in [2.05, 4.69) is 25.4 Å². The van der Waals surface area contributed by atoms with E-state index < -0.39 is 23.4 Å². The molecular weight excluding hydrogens is 856 g/mol. The molecule has 2 aromatic heterocycles. The highest BCUT2D eigenvalue weighted by molar-refractivity contribution is 6.02. The summed E-state index contributed by atoms with van der Waals surface area (Å²) in [6.07, 6.45) is 4.22. The molecule has 5 heterocycles. The second-order valence-electron chi connectivity index (χ2n) is 17.9. The van der Waals surface area contributed by atoms with E-state index in [9.17, 15) is 24.0 Å². The second kappa shape index (κ2) is 21.9. The van der Waals surface area contributed by atoms with Gasteiger partial charge in [0, 0.05) is 75.9 Å². The SMILES string of the molecule is CC.CC(C)(C)OC(=O)Nc1cc(-c2ccccc2)cnc1C(=O)N1CCC(OC2CCN(CC(=O)N3CCN(C(=O)c4cc(Cc5n[nH]c(=O)c6ccccc56)ccc4F)CC3)CC2)CC1. The summed E-state index contributed by atoms with van der Waals surface area (Å²) in [7, 11) is 0. The zero-order chi connectivity index (χ0) is 47.7. The first-order chi connectivity index (χ1) is 32.3. The molecule has 15 nitrogen and oxygen atoms in total. The third-order valence-electron chi connectivity index (χ3n) is 12.2. The van der Waals surface area contributed by atoms with Crippen molar-refractivity contribution in [1.82, 2.24) is 34.8 Å². The van der Waals surface area contributed by atoms with Crippen LogP contribution in [0, 0.1) is 5.82 Å². The quantitative estimate of drug-likeness (QED) is 0.147. The van der Waals surface area contributed by atoms with Crippen molar-refractivity contribution in [3.63, 3.8) is 0 Å². The van der Waals surface area contributed by atoms with Crippen LogP contribution in [0.5, 0.6) is 0 Å². The van der Waals surface area contributed by atoms with E-state index in [1.54, 1.807) is 72.0 Å². The molecule has 0 spiro atoms. The van der Waals surface area contributed by atoms with Gasteiger partial charge >= 0.3 is 6.09 Å². The minimum atomic E-state index is -0.720. The van der Waals surface area contributed by atoms with Crippen molar-refractivity contribution >= 4 is 40.3 Å². The number of hydrogen-bond donors (Lipinski definition) is 2. The van der Waals surface area contributed by atoms with Gasteiger partial charge in [0.25, 0.3) is 17.4 Å². The number of aromatic amines is 1. The van der Waals surface area contributed by atoms with Crippen LogP contribution in [0.25, 0.3) is 21.9 Å². The van der Waals surface area contributed by atoms with Gasteiger partial charge in [-0.1, -0.05) is 68.4 Å². The molecule has 8 rings (SSSR count). The first kappa shape index (κ1) is 48.4. The summed E-state index contributed by atoms with van der Waals surface area (Å²) in [6.45, 7) is 13.3. The fourth-order valence-electron chi connectivity index (χ4n) is 8.72. The lowest BCUT2D eigenvalue weighted by molar-refractivity contribution is -0.135. The monoisotopic (exact) mass is 916 g/mol. The molecule has 0 radical (unpaired) electrons. The number of nitrogens with zero attached hydrogens (tertiary/aromatic N) is 6. The molecule has 67 heavy (non-hydrogen) atoms. The number of carbonyl (C=O) groups excluding carboxylic acids is 4. The van der Waals surface area contributed by atoms with Gasteiger partial charge in [0.2, 0.25) is 5.91 Å². The zero-order valence-electron chi connectivity index (χ0n) is 39.1. The van der Waals surface area contributed by atoms with Gasteiger partial charge in [0.05, 0.1) is 41.1 Å². The number of ether oxygens (including phenoxy) is 2. The predicted molar refractivity (Wildman–Crippen MR) is 254 cm³/mol. The van der Waals surface area contributed by atoms with Gasteiger partial charge in [-0.2, -0.15) is 5.10 Å². The van der Waals surface area contributed by atoms with Gasteiger partial charge < -0.3 is 24.2 Å². The largest absolute Gasteiger partial charge is 0.444 e. The van der Waals surface area contributed by atoms with E-state index in [0.29, 0.717) is 93.7 Å². The van der Waals surface area contributed by atoms with Crippen LogP contribution in [0.1, 0.15) is 92.4 Å². The highest BCUT2D eigenvalue weighted by Gasteiger charge is 2.32. The van der Waals surface area contributed by atoms with E-state index in [4.69, 9.17) is 9.47 Å². The molecule has 0 atom stereocenters. The summed E-state index contributed by atoms with van der Waals surface area (Å²) in [5.41, 5.74) is 2.35. The highest BCUT2D eigenvalue weighted by Crippen LogP contribution is 2.28. The van der Waals surface area contributed by atoms with Crippen LogP contribution < -0.4 is 10.9 Å². The molecular formula is C51H61FN8O7. The number of nitrogens with one attached hydrogen (secondary N) is 2. The van der Waals surface area contributed by atoms with Crippen LogP contribution in [0.15, 0.2) is 89.9 Å². The van der Waals surface area contributed by atoms with Crippen LogP contribution >= 0.6 is 0 Å². The predicted octanol–water partition coefficient (Wildman–Crippen LogP) is 7.16. The van der Waals surface area contributed by atoms with Crippen molar-refractivity contribution in [2.24, 2.45) is 0 Å². The van der Waals surface area contributed by atoms with Crippen molar-refractivity contribution in [1.29, 1.82) is 0 Å². The molecule has 16 heteroatoms. The maximum Gasteiger partial charge on any atom is 0.412 e. The van der Waals surface area contributed by atoms with Crippen molar-refractivity contribution in [2.75, 3.05) is 64.2 Å². The number of H-pyrrole nitrogens is 1. The molecule has 354 valence electrons. The topological polar surface area (TPSA) is 170 Å². The summed E-state index contributed by atoms with van der Waals surface area (Å²) in [5, 5.41) is 10.7. The van der Waals surface area contributed by atoms with Gasteiger partial charge in [-0.25, -0.2) is 19.3 Å². The molecule has 3 aliphatic rings. The number of piperazine rings is 1. The summed E-state index contributed by atoms with van der Waals surface area (Å²) in [6, 6.07) is 23.0. The summed E-state index contributed by atoms with van der Waals surface area (Å²) in [5.74, 6) is -1.32. The Bertz CT molecular complexity index is 2590. The van der Waals surface area contributed by atoms with Gasteiger partial charge in [-0.3, -0.25) is 29.4 Å². The van der Waals surface area contributed by atoms with E-state index in [0.717, 1.165) is 24.0 Å². The van der Waals surface area contributed by atoms with Crippen LogP contribution in [0.4, 0.5) is 14.9 Å². The van der Waals surface area contributed by atoms with Crippen molar-refractivity contribution in [2.45, 2.75) is 84.5 Å². The number of hydrogen-bond acceptors (Lipinski definition) is 10. The highest BCUT2D eigenvalue weighted by atomic mass is 19.1. The molecule has 2 N–H and O–H groups in total. The first-order valence-electron chi connectivity index (χ1n) is 23.3. The number of rotatable bonds is 10. The minimum absolute atomic E-state index is 0.00374. The fraction of sp³-hybridized carbons (Fsp3) is 0.431. The fourth-order valence-corrected chi connectivity index (χ4v) is 8.72. The van der Waals surface area contributed by atoms with E-state index in [1.807, 2.05) is 56.3 Å². The molecule has 3 fully saturated rings. The Labute approximate surface area is 390 Å². The molecule has 0 saturated carbocycles. The Morgan fingerprint density at radius 1 is 0.746 bits per heavy atom. The molecule has 3 aliphatic heterocycles. The Kier molecular flexibility index (Phi) is 15.8. The van der Waals surface area contributed by atoms with E-state index >= 15 is 4.39 Å². The van der Waals surface area contributed by atoms with Gasteiger partial charge in [-0.05, 0) is 81.8 Å². The molecule has 3 saturated heterocycles. The molecule has 0 bridgehead atoms. The van der Waals surface area contributed by atoms with Crippen LogP contribution in [0.2, 0.25) is 0 Å². The van der Waals surface area contributed by atoms with Crippen molar-refractivity contribution in [3.05, 3.63) is 124 Å². The number of likely N-dealkylation sites (tertiary alicyclic amines) is 2. The molecule has 0 unspecified atom stereocenters. The maximum absolute atomic E-state index is 15.1. The molecule has 3 aromatic carbocycles. The Hall–Kier alpha value is -6.52. The van der Waals surface area contributed by atoms with E-state index in [-0.39, 0.29) is 53.1 Å². The van der Waals surface area contributed by atoms with Crippen molar-refractivity contribution in [3.8, 4) is 11.1 Å². The van der Waals surface area contributed by atoms with Gasteiger partial charge in [-0.15, -0.1) is 0 Å². The van der Waals surface area contributed by atoms with Crippen LogP contribution in [0.3, 0.4) is 0 Å². The molecule has 4 amide bonds. The number of anilines is 1. The average Bonchev–Trinajstić information content (AvgIpc) is 3.34. The number of piperidine rings is 2.